The number of rotatable bonds is 20. The van der Waals surface area contributed by atoms with E-state index in [0.29, 0.717) is 3.57 Å². The largest absolute Gasteiger partial charge is 0.506 e. The number of nitrogens with one attached hydrogen (secondary N) is 2. The Hall–Kier alpha value is -1.96. The van der Waals surface area contributed by atoms with Crippen molar-refractivity contribution in [2.45, 2.75) is 50.9 Å². The minimum absolute atomic E-state index is 0.0235. The first-order chi connectivity index (χ1) is 27.3. The lowest BCUT2D eigenvalue weighted by Crippen LogP contribution is -2.46. The highest BCUT2D eigenvalue weighted by Gasteiger charge is 2.50. The molecule has 0 spiro atoms. The highest BCUT2D eigenvalue weighted by molar-refractivity contribution is 14.1. The van der Waals surface area contributed by atoms with Gasteiger partial charge in [-0.3, -0.25) is 32.5 Å². The van der Waals surface area contributed by atoms with Gasteiger partial charge in [0.25, 0.3) is 0 Å². The van der Waals surface area contributed by atoms with Crippen molar-refractivity contribution < 1.29 is 85.6 Å². The molecule has 3 aromatic rings. The number of hydrogen-bond acceptors (Lipinski definition) is 19. The predicted molar refractivity (Wildman–Crippen MR) is 220 cm³/mol. The molecular formula is C28H38I2N7O18P3S. The number of ether oxygens (including phenoxy) is 1. The van der Waals surface area contributed by atoms with E-state index in [9.17, 15) is 63.0 Å². The molecule has 0 bridgehead atoms. The number of hydrogen-bond donors (Lipinski definition) is 10. The summed E-state index contributed by atoms with van der Waals surface area (Å²) in [5.74, 6) is -1.50. The summed E-state index contributed by atoms with van der Waals surface area (Å²) in [5.41, 5.74) is 4.37. The Morgan fingerprint density at radius 3 is 2.41 bits per heavy atom. The Bertz CT molecular complexity index is 2180. The summed E-state index contributed by atoms with van der Waals surface area (Å²) in [6.45, 7) is 0.271. The second kappa shape index (κ2) is 20.5. The van der Waals surface area contributed by atoms with Gasteiger partial charge in [-0.05, 0) is 57.3 Å². The third-order valence-electron chi connectivity index (χ3n) is 7.98. The maximum absolute atomic E-state index is 12.7. The summed E-state index contributed by atoms with van der Waals surface area (Å²) < 4.78 is 63.4. The smallest absolute Gasteiger partial charge is 0.481 e. The van der Waals surface area contributed by atoms with Crippen LogP contribution in [-0.2, 0) is 45.9 Å². The first kappa shape index (κ1) is 49.7. The summed E-state index contributed by atoms with van der Waals surface area (Å²) in [4.78, 5) is 88.3. The predicted octanol–water partition coefficient (Wildman–Crippen LogP) is 0.893. The maximum Gasteiger partial charge on any atom is 0.481 e. The number of thioether (sulfide) groups is 1. The average molecular weight is 1140 g/mol. The van der Waals surface area contributed by atoms with Gasteiger partial charge in [-0.25, -0.2) is 28.6 Å². The first-order valence-corrected chi connectivity index (χ1v) is 24.2. The fourth-order valence-electron chi connectivity index (χ4n) is 5.07. The van der Waals surface area contributed by atoms with E-state index in [1.165, 1.54) is 13.8 Å². The lowest BCUT2D eigenvalue weighted by molar-refractivity contribution is -0.137. The number of nitrogens with two attached hydrogens (primary N) is 1. The number of nitrogen functional groups attached to an aromatic ring is 1. The number of nitrogens with zero attached hydrogens (tertiary/aromatic N) is 4. The zero-order valence-electron chi connectivity index (χ0n) is 30.4. The van der Waals surface area contributed by atoms with Crippen molar-refractivity contribution in [1.29, 1.82) is 0 Å². The SMILES string of the molecule is CC(C)(COP(=O)(O)OP(=O)(O)OCC1OC(n2cnc3c(N)ncnc32)C(O)C1OP(=O)(O)O)C(O)C(=O)NCCC(=O)NCCSC(=O)c1cc(I)cc(I)c1O. The molecule has 1 aliphatic heterocycles. The summed E-state index contributed by atoms with van der Waals surface area (Å²) in [6.07, 6.45) is -7.05. The van der Waals surface area contributed by atoms with Crippen LogP contribution in [0.1, 0.15) is 36.9 Å². The van der Waals surface area contributed by atoms with Crippen LogP contribution in [0, 0.1) is 12.6 Å². The van der Waals surface area contributed by atoms with Gasteiger partial charge in [0, 0.05) is 34.2 Å². The molecule has 4 rings (SSSR count). The number of phosphoric ester groups is 3. The second-order valence-corrected chi connectivity index (χ2v) is 20.7. The van der Waals surface area contributed by atoms with Crippen LogP contribution in [0.15, 0.2) is 24.8 Å². The molecule has 1 aromatic carbocycles. The zero-order valence-corrected chi connectivity index (χ0v) is 38.2. The van der Waals surface area contributed by atoms with Crippen LogP contribution < -0.4 is 16.4 Å². The number of phenols is 1. The van der Waals surface area contributed by atoms with Crippen LogP contribution >= 0.6 is 80.4 Å². The number of benzene rings is 1. The number of aliphatic hydroxyl groups excluding tert-OH is 2. The average Bonchev–Trinajstić information content (AvgIpc) is 3.69. The fraction of sp³-hybridized carbons (Fsp3) is 0.500. The highest BCUT2D eigenvalue weighted by Crippen LogP contribution is 2.61. The number of aliphatic hydroxyl groups is 2. The van der Waals surface area contributed by atoms with Crippen molar-refractivity contribution in [2.24, 2.45) is 5.41 Å². The van der Waals surface area contributed by atoms with Crippen LogP contribution in [0.3, 0.4) is 0 Å². The van der Waals surface area contributed by atoms with Gasteiger partial charge in [0.15, 0.2) is 17.7 Å². The molecule has 25 nitrogen and oxygen atoms in total. The third kappa shape index (κ3) is 14.0. The Morgan fingerprint density at radius 1 is 1.05 bits per heavy atom. The number of carbonyl (C=O) groups excluding carboxylic acids is 3. The number of phenolic OH excluding ortho intramolecular Hbond substituents is 1. The second-order valence-electron chi connectivity index (χ2n) is 13.0. The molecule has 1 fully saturated rings. The van der Waals surface area contributed by atoms with Crippen molar-refractivity contribution in [1.82, 2.24) is 30.2 Å². The standard InChI is InChI=1S/C28H38I2N7O18P3S/c1-28(2,22(41)25(42)33-4-3-17(38)32-5-6-59-27(43)14-7-13(29)8-15(30)19(14)39)10-52-58(49,50)55-57(47,48)51-9-16-21(54-56(44,45)46)20(40)26(53-16)37-12-36-18-23(31)34-11-35-24(18)37/h7-8,11-12,16,20-22,26,39-41H,3-6,9-10H2,1-2H3,(H,32,38)(H,33,42)(H,47,48)(H,49,50)(H2,31,34,35)(H2,44,45,46). The lowest BCUT2D eigenvalue weighted by atomic mass is 9.87. The zero-order chi connectivity index (χ0) is 44.1. The quantitative estimate of drug-likeness (QED) is 0.0427. The molecule has 59 heavy (non-hydrogen) atoms. The number of aromatic nitrogens is 4. The van der Waals surface area contributed by atoms with Crippen molar-refractivity contribution in [3.8, 4) is 5.75 Å². The summed E-state index contributed by atoms with van der Waals surface area (Å²) in [6, 6.07) is 3.25. The van der Waals surface area contributed by atoms with Crippen LogP contribution in [0.5, 0.6) is 5.75 Å². The van der Waals surface area contributed by atoms with Gasteiger partial charge >= 0.3 is 23.5 Å². The molecule has 1 aliphatic rings. The molecule has 0 aliphatic carbocycles. The van der Waals surface area contributed by atoms with Crippen molar-refractivity contribution in [3.05, 3.63) is 37.5 Å². The molecule has 2 aromatic heterocycles. The van der Waals surface area contributed by atoms with Crippen LogP contribution in [0.4, 0.5) is 5.82 Å². The van der Waals surface area contributed by atoms with E-state index in [-0.39, 0.29) is 58.7 Å². The minimum Gasteiger partial charge on any atom is -0.506 e. The maximum atomic E-state index is 12.7. The van der Waals surface area contributed by atoms with E-state index in [1.54, 1.807) is 12.1 Å². The van der Waals surface area contributed by atoms with Gasteiger partial charge < -0.3 is 56.0 Å². The molecular weight excluding hydrogens is 1100 g/mol. The molecule has 3 heterocycles. The number of halogens is 2. The topological polar surface area (TPSA) is 384 Å². The normalized spacial score (nSPS) is 21.1. The summed E-state index contributed by atoms with van der Waals surface area (Å²) in [7, 11) is -16.4. The Kier molecular flexibility index (Phi) is 17.3. The Balaban J connectivity index is 1.22. The van der Waals surface area contributed by atoms with Crippen molar-refractivity contribution >= 4 is 114 Å². The van der Waals surface area contributed by atoms with E-state index < -0.39 is 84.6 Å². The van der Waals surface area contributed by atoms with E-state index in [0.717, 1.165) is 32.6 Å². The molecule has 2 amide bonds. The number of anilines is 1. The summed E-state index contributed by atoms with van der Waals surface area (Å²) in [5, 5.41) is 36.1. The van der Waals surface area contributed by atoms with E-state index >= 15 is 0 Å². The minimum atomic E-state index is -5.59. The molecule has 0 saturated carbocycles. The third-order valence-corrected chi connectivity index (χ3v) is 13.4. The Labute approximate surface area is 365 Å². The molecule has 1 saturated heterocycles. The highest BCUT2D eigenvalue weighted by atomic mass is 127. The fourth-order valence-corrected chi connectivity index (χ4v) is 10.4. The molecule has 0 radical (unpaired) electrons. The number of aromatic hydroxyl groups is 1. The van der Waals surface area contributed by atoms with Gasteiger partial charge in [0.1, 0.15) is 42.0 Å². The Morgan fingerprint density at radius 2 is 1.73 bits per heavy atom. The number of fused-ring (bicyclic) bond motifs is 1. The van der Waals surface area contributed by atoms with E-state index in [2.05, 4.69) is 34.4 Å². The summed E-state index contributed by atoms with van der Waals surface area (Å²) >= 11 is 4.81. The number of imidazole rings is 1. The van der Waals surface area contributed by atoms with Crippen LogP contribution in [0.25, 0.3) is 11.2 Å². The molecule has 31 heteroatoms. The molecule has 11 N–H and O–H groups in total. The van der Waals surface area contributed by atoms with Gasteiger partial charge in [-0.2, -0.15) is 4.31 Å². The monoisotopic (exact) mass is 1140 g/mol. The molecule has 7 unspecified atom stereocenters. The van der Waals surface area contributed by atoms with Crippen molar-refractivity contribution in [3.63, 3.8) is 0 Å². The number of phosphoric acid groups is 3. The van der Waals surface area contributed by atoms with Gasteiger partial charge in [0.2, 0.25) is 16.9 Å². The van der Waals surface area contributed by atoms with Gasteiger partial charge in [-0.1, -0.05) is 25.6 Å². The van der Waals surface area contributed by atoms with E-state index in [4.69, 9.17) is 19.5 Å². The van der Waals surface area contributed by atoms with E-state index in [1.807, 2.05) is 45.2 Å². The number of amides is 2. The molecule has 328 valence electrons. The van der Waals surface area contributed by atoms with Crippen LogP contribution in [0.2, 0.25) is 0 Å². The van der Waals surface area contributed by atoms with Crippen molar-refractivity contribution in [2.75, 3.05) is 37.8 Å². The first-order valence-electron chi connectivity index (χ1n) is 16.5. The van der Waals surface area contributed by atoms with Gasteiger partial charge in [0.05, 0.1) is 28.7 Å². The lowest BCUT2D eigenvalue weighted by Gasteiger charge is -2.30. The molecule has 7 atom stereocenters. The van der Waals surface area contributed by atoms with Gasteiger partial charge in [-0.15, -0.1) is 0 Å². The van der Waals surface area contributed by atoms with Crippen LogP contribution in [-0.4, -0.2) is 128 Å². The number of carbonyl (C=O) groups is 3.